The van der Waals surface area contributed by atoms with Gasteiger partial charge in [0, 0.05) is 17.5 Å². The second-order valence-electron chi connectivity index (χ2n) is 5.68. The van der Waals surface area contributed by atoms with Crippen molar-refractivity contribution in [1.82, 2.24) is 5.32 Å². The molecular weight excluding hydrogens is 338 g/mol. The van der Waals surface area contributed by atoms with Crippen LogP contribution in [0.2, 0.25) is 0 Å². The first-order chi connectivity index (χ1) is 12.4. The largest absolute Gasteiger partial charge is 0.548 e. The molecule has 0 aliphatic heterocycles. The van der Waals surface area contributed by atoms with E-state index in [0.717, 1.165) is 6.07 Å². The van der Waals surface area contributed by atoms with Crippen LogP contribution in [0.3, 0.4) is 0 Å². The van der Waals surface area contributed by atoms with Gasteiger partial charge in [-0.05, 0) is 23.3 Å². The summed E-state index contributed by atoms with van der Waals surface area (Å²) in [6.45, 7) is 0. The lowest BCUT2D eigenvalue weighted by Gasteiger charge is -2.20. The predicted molar refractivity (Wildman–Crippen MR) is 90.2 cm³/mol. The summed E-state index contributed by atoms with van der Waals surface area (Å²) in [5.74, 6) is -2.11. The summed E-state index contributed by atoms with van der Waals surface area (Å²) in [5.41, 5.74) is 0.201. The van der Waals surface area contributed by atoms with Crippen molar-refractivity contribution in [2.45, 2.75) is 12.5 Å². The number of amides is 1. The van der Waals surface area contributed by atoms with Gasteiger partial charge >= 0.3 is 5.63 Å². The molecule has 0 bridgehead atoms. The molecule has 0 radical (unpaired) electrons. The molecule has 0 saturated heterocycles. The summed E-state index contributed by atoms with van der Waals surface area (Å²) in [5, 5.41) is 23.7. The molecule has 0 unspecified atom stereocenters. The maximum Gasteiger partial charge on any atom is 0.336 e. The fraction of sp³-hybridized carbons (Fsp3) is 0.105. The Labute approximate surface area is 147 Å². The van der Waals surface area contributed by atoms with E-state index in [9.17, 15) is 24.6 Å². The van der Waals surface area contributed by atoms with Crippen LogP contribution in [-0.2, 0) is 16.0 Å². The minimum absolute atomic E-state index is 0.0802. The van der Waals surface area contributed by atoms with E-state index in [1.54, 1.807) is 30.3 Å². The number of rotatable bonds is 5. The molecule has 1 amide bonds. The standard InChI is InChI=1S/C19H15NO6/c21-13-6-7-14-12(9-17(23)26-15(14)10-13)8-16(22)20-18(19(24)25)11-4-2-1-3-5-11/h1-7,9-10,18,21H,8H2,(H,20,22)(H,24,25)/p-1/t18-/m0/s1. The van der Waals surface area contributed by atoms with E-state index in [4.69, 9.17) is 4.42 Å². The quantitative estimate of drug-likeness (QED) is 0.651. The van der Waals surface area contributed by atoms with Gasteiger partial charge in [0.2, 0.25) is 5.91 Å². The van der Waals surface area contributed by atoms with Gasteiger partial charge in [0.05, 0.1) is 18.4 Å². The van der Waals surface area contributed by atoms with Crippen molar-refractivity contribution in [3.05, 3.63) is 76.1 Å². The Bertz CT molecular complexity index is 1030. The maximum absolute atomic E-state index is 12.3. The molecule has 3 aromatic rings. The predicted octanol–water partition coefficient (Wildman–Crippen LogP) is 0.648. The third kappa shape index (κ3) is 3.72. The van der Waals surface area contributed by atoms with E-state index in [-0.39, 0.29) is 17.8 Å². The first-order valence-electron chi connectivity index (χ1n) is 7.75. The normalized spacial score (nSPS) is 11.8. The summed E-state index contributed by atoms with van der Waals surface area (Å²) in [7, 11) is 0. The summed E-state index contributed by atoms with van der Waals surface area (Å²) in [6.07, 6.45) is -0.233. The molecule has 2 N–H and O–H groups in total. The molecule has 0 spiro atoms. The number of aliphatic carboxylic acids is 1. The van der Waals surface area contributed by atoms with Crippen LogP contribution >= 0.6 is 0 Å². The molecule has 1 aromatic heterocycles. The minimum atomic E-state index is -1.44. The summed E-state index contributed by atoms with van der Waals surface area (Å²) in [4.78, 5) is 35.4. The van der Waals surface area contributed by atoms with Crippen molar-refractivity contribution in [2.24, 2.45) is 0 Å². The first-order valence-corrected chi connectivity index (χ1v) is 7.75. The first kappa shape index (κ1) is 17.2. The van der Waals surface area contributed by atoms with Crippen LogP contribution in [-0.4, -0.2) is 17.0 Å². The number of carboxylic acids is 1. The average molecular weight is 352 g/mol. The fourth-order valence-corrected chi connectivity index (χ4v) is 2.67. The molecule has 3 rings (SSSR count). The van der Waals surface area contributed by atoms with E-state index in [0.29, 0.717) is 16.5 Å². The number of carboxylic acid groups (broad SMARTS) is 1. The monoisotopic (exact) mass is 352 g/mol. The topological polar surface area (TPSA) is 120 Å². The zero-order chi connectivity index (χ0) is 18.7. The van der Waals surface area contributed by atoms with E-state index in [1.807, 2.05) is 0 Å². The number of phenolic OH excluding ortho intramolecular Hbond substituents is 1. The second-order valence-corrected chi connectivity index (χ2v) is 5.68. The second kappa shape index (κ2) is 7.10. The molecule has 1 heterocycles. The number of benzene rings is 2. The van der Waals surface area contributed by atoms with Crippen molar-refractivity contribution >= 4 is 22.8 Å². The van der Waals surface area contributed by atoms with Gasteiger partial charge in [-0.2, -0.15) is 0 Å². The highest BCUT2D eigenvalue weighted by molar-refractivity contribution is 5.89. The van der Waals surface area contributed by atoms with Crippen molar-refractivity contribution in [3.63, 3.8) is 0 Å². The van der Waals surface area contributed by atoms with Gasteiger partial charge in [-0.15, -0.1) is 0 Å². The zero-order valence-electron chi connectivity index (χ0n) is 13.5. The fourth-order valence-electron chi connectivity index (χ4n) is 2.67. The lowest BCUT2D eigenvalue weighted by molar-refractivity contribution is -0.308. The smallest absolute Gasteiger partial charge is 0.336 e. The molecule has 7 nitrogen and oxygen atoms in total. The third-order valence-electron chi connectivity index (χ3n) is 3.84. The molecule has 26 heavy (non-hydrogen) atoms. The van der Waals surface area contributed by atoms with Gasteiger partial charge in [0.1, 0.15) is 11.3 Å². The van der Waals surface area contributed by atoms with Gasteiger partial charge < -0.3 is 24.7 Å². The number of hydrogen-bond acceptors (Lipinski definition) is 6. The minimum Gasteiger partial charge on any atom is -0.548 e. The van der Waals surface area contributed by atoms with Crippen molar-refractivity contribution < 1.29 is 24.2 Å². The number of nitrogens with one attached hydrogen (secondary N) is 1. The van der Waals surface area contributed by atoms with E-state index < -0.39 is 23.5 Å². The SMILES string of the molecule is O=C(Cc1cc(=O)oc2cc(O)ccc12)N[C@H](C(=O)[O-])c1ccccc1. The van der Waals surface area contributed by atoms with Crippen LogP contribution < -0.4 is 16.0 Å². The van der Waals surface area contributed by atoms with Gasteiger partial charge in [0.15, 0.2) is 0 Å². The number of hydrogen-bond donors (Lipinski definition) is 2. The van der Waals surface area contributed by atoms with E-state index in [1.165, 1.54) is 18.2 Å². The molecule has 7 heteroatoms. The molecule has 0 aliphatic rings. The lowest BCUT2D eigenvalue weighted by atomic mass is 10.0. The van der Waals surface area contributed by atoms with Crippen molar-refractivity contribution in [1.29, 1.82) is 0 Å². The van der Waals surface area contributed by atoms with Crippen LogP contribution in [0.25, 0.3) is 11.0 Å². The van der Waals surface area contributed by atoms with Gasteiger partial charge in [0.25, 0.3) is 0 Å². The number of carbonyl (C=O) groups is 2. The molecule has 2 aromatic carbocycles. The third-order valence-corrected chi connectivity index (χ3v) is 3.84. The highest BCUT2D eigenvalue weighted by Crippen LogP contribution is 2.22. The molecule has 0 saturated carbocycles. The van der Waals surface area contributed by atoms with Crippen LogP contribution in [0.15, 0.2) is 63.8 Å². The van der Waals surface area contributed by atoms with Gasteiger partial charge in [-0.25, -0.2) is 4.79 Å². The van der Waals surface area contributed by atoms with Crippen molar-refractivity contribution in [2.75, 3.05) is 0 Å². The Balaban J connectivity index is 1.87. The maximum atomic E-state index is 12.3. The van der Waals surface area contributed by atoms with E-state index >= 15 is 0 Å². The Kier molecular flexibility index (Phi) is 4.70. The number of aromatic hydroxyl groups is 1. The molecule has 132 valence electrons. The lowest BCUT2D eigenvalue weighted by Crippen LogP contribution is -2.41. The summed E-state index contributed by atoms with van der Waals surface area (Å²) in [6, 6.07) is 12.2. The summed E-state index contributed by atoms with van der Waals surface area (Å²) >= 11 is 0. The Morgan fingerprint density at radius 1 is 1.12 bits per heavy atom. The molecule has 1 atom stereocenters. The number of carbonyl (C=O) groups excluding carboxylic acids is 2. The highest BCUT2D eigenvalue weighted by Gasteiger charge is 2.17. The number of phenols is 1. The Hall–Kier alpha value is -3.61. The van der Waals surface area contributed by atoms with Crippen LogP contribution in [0.5, 0.6) is 5.75 Å². The van der Waals surface area contributed by atoms with Crippen LogP contribution in [0.1, 0.15) is 17.2 Å². The average Bonchev–Trinajstić information content (AvgIpc) is 2.59. The Morgan fingerprint density at radius 3 is 2.54 bits per heavy atom. The molecule has 0 fully saturated rings. The van der Waals surface area contributed by atoms with E-state index in [2.05, 4.69) is 5.32 Å². The number of fused-ring (bicyclic) bond motifs is 1. The molecule has 0 aliphatic carbocycles. The van der Waals surface area contributed by atoms with Gasteiger partial charge in [-0.3, -0.25) is 4.79 Å². The van der Waals surface area contributed by atoms with Crippen LogP contribution in [0, 0.1) is 0 Å². The van der Waals surface area contributed by atoms with Crippen molar-refractivity contribution in [3.8, 4) is 5.75 Å². The van der Waals surface area contributed by atoms with Crippen LogP contribution in [0.4, 0.5) is 0 Å². The molecular formula is C19H14NO6-. The Morgan fingerprint density at radius 2 is 1.85 bits per heavy atom. The van der Waals surface area contributed by atoms with Gasteiger partial charge in [-0.1, -0.05) is 30.3 Å². The zero-order valence-corrected chi connectivity index (χ0v) is 13.5. The highest BCUT2D eigenvalue weighted by atomic mass is 16.4. The summed E-state index contributed by atoms with van der Waals surface area (Å²) < 4.78 is 5.00.